The smallest absolute Gasteiger partial charge is 0.101 e. The average Bonchev–Trinajstić information content (AvgIpc) is 2.45. The summed E-state index contributed by atoms with van der Waals surface area (Å²) < 4.78 is 0. The van der Waals surface area contributed by atoms with Crippen LogP contribution in [0.1, 0.15) is 5.56 Å². The van der Waals surface area contributed by atoms with Crippen LogP contribution < -0.4 is 10.2 Å². The van der Waals surface area contributed by atoms with E-state index in [2.05, 4.69) is 28.2 Å². The molecular formula is C14H19ClN4. The highest BCUT2D eigenvalue weighted by Gasteiger charge is 2.11. The predicted molar refractivity (Wildman–Crippen MR) is 78.7 cm³/mol. The molecule has 0 radical (unpaired) electrons. The first-order valence-corrected chi connectivity index (χ1v) is 6.92. The molecule has 0 aliphatic carbocycles. The number of halogens is 1. The van der Waals surface area contributed by atoms with Gasteiger partial charge in [0.1, 0.15) is 6.07 Å². The molecule has 0 atom stereocenters. The monoisotopic (exact) mass is 278 g/mol. The van der Waals surface area contributed by atoms with Gasteiger partial charge in [-0.1, -0.05) is 11.6 Å². The number of piperazine rings is 1. The molecule has 1 heterocycles. The van der Waals surface area contributed by atoms with Crippen LogP contribution in [0.2, 0.25) is 5.02 Å². The number of nitriles is 1. The molecule has 0 aromatic heterocycles. The molecule has 1 aromatic rings. The molecule has 1 fully saturated rings. The summed E-state index contributed by atoms with van der Waals surface area (Å²) in [6.45, 7) is 6.39. The van der Waals surface area contributed by atoms with Crippen LogP contribution in [0.3, 0.4) is 0 Å². The van der Waals surface area contributed by atoms with Crippen molar-refractivity contribution in [1.29, 1.82) is 5.26 Å². The first-order chi connectivity index (χ1) is 9.20. The van der Waals surface area contributed by atoms with E-state index in [1.54, 1.807) is 6.07 Å². The van der Waals surface area contributed by atoms with E-state index in [0.29, 0.717) is 10.6 Å². The summed E-state index contributed by atoms with van der Waals surface area (Å²) in [4.78, 5) is 4.63. The summed E-state index contributed by atoms with van der Waals surface area (Å²) in [6.07, 6.45) is 0. The minimum absolute atomic E-state index is 0.522. The van der Waals surface area contributed by atoms with Gasteiger partial charge in [0.15, 0.2) is 0 Å². The van der Waals surface area contributed by atoms with Gasteiger partial charge < -0.3 is 10.2 Å². The molecule has 2 rings (SSSR count). The average molecular weight is 279 g/mol. The Labute approximate surface area is 119 Å². The molecule has 0 amide bonds. The van der Waals surface area contributed by atoms with Crippen molar-refractivity contribution in [2.24, 2.45) is 0 Å². The van der Waals surface area contributed by atoms with E-state index in [0.717, 1.165) is 45.0 Å². The Bertz CT molecular complexity index is 463. The molecule has 1 aliphatic heterocycles. The highest BCUT2D eigenvalue weighted by atomic mass is 35.5. The van der Waals surface area contributed by atoms with E-state index in [-0.39, 0.29) is 0 Å². The minimum atomic E-state index is 0.522. The summed E-state index contributed by atoms with van der Waals surface area (Å²) in [7, 11) is 2.06. The van der Waals surface area contributed by atoms with Gasteiger partial charge in [-0.3, -0.25) is 4.90 Å². The molecule has 1 aromatic carbocycles. The second-order valence-electron chi connectivity index (χ2n) is 4.79. The Hall–Kier alpha value is -1.28. The number of likely N-dealkylation sites (N-methyl/N-ethyl adjacent to an activating group) is 1. The molecule has 0 bridgehead atoms. The normalized spacial score (nSPS) is 16.1. The van der Waals surface area contributed by atoms with Gasteiger partial charge in [0.05, 0.1) is 10.6 Å². The maximum absolute atomic E-state index is 8.86. The Morgan fingerprint density at radius 1 is 1.42 bits per heavy atom. The largest absolute Gasteiger partial charge is 0.373 e. The summed E-state index contributed by atoms with van der Waals surface area (Å²) in [5.41, 5.74) is 1.58. The molecule has 4 nitrogen and oxygen atoms in total. The van der Waals surface area contributed by atoms with Gasteiger partial charge in [0.25, 0.3) is 0 Å². The lowest BCUT2D eigenvalue weighted by Gasteiger charge is -2.29. The van der Waals surface area contributed by atoms with Gasteiger partial charge in [-0.05, 0) is 18.2 Å². The SMILES string of the molecule is CN(CCN1CCNCC1)c1ccc(C#N)c(Cl)c1. The van der Waals surface area contributed by atoms with Gasteiger partial charge in [-0.2, -0.15) is 5.26 Å². The van der Waals surface area contributed by atoms with Crippen LogP contribution in [0, 0.1) is 11.3 Å². The van der Waals surface area contributed by atoms with Crippen molar-refractivity contribution in [1.82, 2.24) is 10.2 Å². The zero-order chi connectivity index (χ0) is 13.7. The standard InChI is InChI=1S/C14H19ClN4/c1-18(8-9-19-6-4-17-5-7-19)13-3-2-12(11-16)14(15)10-13/h2-3,10,17H,4-9H2,1H3. The van der Waals surface area contributed by atoms with Crippen LogP contribution >= 0.6 is 11.6 Å². The van der Waals surface area contributed by atoms with Crippen molar-refractivity contribution in [3.63, 3.8) is 0 Å². The number of nitrogens with zero attached hydrogens (tertiary/aromatic N) is 3. The van der Waals surface area contributed by atoms with E-state index < -0.39 is 0 Å². The van der Waals surface area contributed by atoms with Gasteiger partial charge in [-0.15, -0.1) is 0 Å². The highest BCUT2D eigenvalue weighted by Crippen LogP contribution is 2.22. The highest BCUT2D eigenvalue weighted by molar-refractivity contribution is 6.32. The van der Waals surface area contributed by atoms with Crippen molar-refractivity contribution >= 4 is 17.3 Å². The summed E-state index contributed by atoms with van der Waals surface area (Å²) in [5, 5.41) is 12.7. The van der Waals surface area contributed by atoms with E-state index in [1.807, 2.05) is 12.1 Å². The van der Waals surface area contributed by atoms with Crippen molar-refractivity contribution in [3.05, 3.63) is 28.8 Å². The maximum Gasteiger partial charge on any atom is 0.101 e. The molecule has 102 valence electrons. The number of nitrogens with one attached hydrogen (secondary N) is 1. The van der Waals surface area contributed by atoms with Gasteiger partial charge >= 0.3 is 0 Å². The van der Waals surface area contributed by atoms with Crippen LogP contribution in [-0.4, -0.2) is 51.2 Å². The molecule has 0 spiro atoms. The Balaban J connectivity index is 1.90. The number of anilines is 1. The fourth-order valence-corrected chi connectivity index (χ4v) is 2.40. The van der Waals surface area contributed by atoms with E-state index >= 15 is 0 Å². The third kappa shape index (κ3) is 3.84. The van der Waals surface area contributed by atoms with Gasteiger partial charge in [0.2, 0.25) is 0 Å². The predicted octanol–water partition coefficient (Wildman–Crippen LogP) is 1.55. The lowest BCUT2D eigenvalue weighted by Crippen LogP contribution is -2.46. The second-order valence-corrected chi connectivity index (χ2v) is 5.20. The van der Waals surface area contributed by atoms with Crippen molar-refractivity contribution in [3.8, 4) is 6.07 Å². The third-order valence-corrected chi connectivity index (χ3v) is 3.79. The molecule has 19 heavy (non-hydrogen) atoms. The molecule has 0 saturated carbocycles. The van der Waals surface area contributed by atoms with Crippen molar-refractivity contribution in [2.45, 2.75) is 0 Å². The van der Waals surface area contributed by atoms with Crippen LogP contribution in [0.4, 0.5) is 5.69 Å². The number of rotatable bonds is 4. The fraction of sp³-hybridized carbons (Fsp3) is 0.500. The Kier molecular flexibility index (Phi) is 5.03. The number of hydrogen-bond donors (Lipinski definition) is 1. The van der Waals surface area contributed by atoms with Crippen LogP contribution in [0.15, 0.2) is 18.2 Å². The minimum Gasteiger partial charge on any atom is -0.373 e. The first kappa shape index (κ1) is 14.1. The molecule has 1 aliphatic rings. The van der Waals surface area contributed by atoms with E-state index in [9.17, 15) is 0 Å². The summed E-state index contributed by atoms with van der Waals surface area (Å²) in [6, 6.07) is 7.66. The molecule has 0 unspecified atom stereocenters. The first-order valence-electron chi connectivity index (χ1n) is 6.54. The molecule has 5 heteroatoms. The lowest BCUT2D eigenvalue weighted by atomic mass is 10.2. The molecular weight excluding hydrogens is 260 g/mol. The van der Waals surface area contributed by atoms with Crippen LogP contribution in [0.25, 0.3) is 0 Å². The Morgan fingerprint density at radius 3 is 2.79 bits per heavy atom. The van der Waals surface area contributed by atoms with Crippen LogP contribution in [0.5, 0.6) is 0 Å². The third-order valence-electron chi connectivity index (χ3n) is 3.48. The summed E-state index contributed by atoms with van der Waals surface area (Å²) >= 11 is 6.05. The lowest BCUT2D eigenvalue weighted by molar-refractivity contribution is 0.246. The van der Waals surface area contributed by atoms with Crippen molar-refractivity contribution in [2.75, 3.05) is 51.2 Å². The second kappa shape index (κ2) is 6.76. The van der Waals surface area contributed by atoms with Crippen molar-refractivity contribution < 1.29 is 0 Å². The zero-order valence-electron chi connectivity index (χ0n) is 11.2. The molecule has 1 N–H and O–H groups in total. The van der Waals surface area contributed by atoms with E-state index in [1.165, 1.54) is 0 Å². The van der Waals surface area contributed by atoms with Gasteiger partial charge in [-0.25, -0.2) is 0 Å². The molecule has 1 saturated heterocycles. The Morgan fingerprint density at radius 2 is 2.16 bits per heavy atom. The topological polar surface area (TPSA) is 42.3 Å². The van der Waals surface area contributed by atoms with Crippen LogP contribution in [-0.2, 0) is 0 Å². The van der Waals surface area contributed by atoms with E-state index in [4.69, 9.17) is 16.9 Å². The fourth-order valence-electron chi connectivity index (χ4n) is 2.19. The van der Waals surface area contributed by atoms with Gasteiger partial charge in [0, 0.05) is 52.0 Å². The quantitative estimate of drug-likeness (QED) is 0.908. The summed E-state index contributed by atoms with van der Waals surface area (Å²) in [5.74, 6) is 0. The zero-order valence-corrected chi connectivity index (χ0v) is 12.0. The number of benzene rings is 1. The maximum atomic E-state index is 8.86. The number of hydrogen-bond acceptors (Lipinski definition) is 4.